The molecule has 0 amide bonds. The van der Waals surface area contributed by atoms with Crippen LogP contribution in [0.3, 0.4) is 0 Å². The number of hydrogen-bond donors (Lipinski definition) is 3. The third kappa shape index (κ3) is 2.88. The van der Waals surface area contributed by atoms with Crippen LogP contribution in [0.25, 0.3) is 11.2 Å². The first-order valence-corrected chi connectivity index (χ1v) is 8.00. The number of aryl methyl sites for hydroxylation is 1. The van der Waals surface area contributed by atoms with Crippen LogP contribution in [0, 0.1) is 6.92 Å². The average Bonchev–Trinajstić information content (AvgIpc) is 3.33. The number of nitrogens with two attached hydrogens (primary N) is 1. The van der Waals surface area contributed by atoms with Crippen LogP contribution < -0.4 is 16.7 Å². The molecule has 1 aliphatic carbocycles. The predicted molar refractivity (Wildman–Crippen MR) is 90.5 cm³/mol. The Balaban J connectivity index is 1.59. The fourth-order valence-electron chi connectivity index (χ4n) is 2.68. The van der Waals surface area contributed by atoms with Gasteiger partial charge in [-0.05, 0) is 31.4 Å². The second kappa shape index (κ2) is 5.72. The van der Waals surface area contributed by atoms with E-state index in [9.17, 15) is 4.79 Å². The van der Waals surface area contributed by atoms with Crippen molar-refractivity contribution < 1.29 is 0 Å². The number of nitrogens with zero attached hydrogens (tertiary/aromatic N) is 4. The Bertz CT molecular complexity index is 937. The summed E-state index contributed by atoms with van der Waals surface area (Å²) in [6.45, 7) is 2.91. The molecule has 0 aliphatic heterocycles. The van der Waals surface area contributed by atoms with Crippen molar-refractivity contribution in [2.24, 2.45) is 0 Å². The van der Waals surface area contributed by atoms with Gasteiger partial charge in [0, 0.05) is 18.8 Å². The zero-order chi connectivity index (χ0) is 16.7. The highest BCUT2D eigenvalue weighted by Crippen LogP contribution is 2.19. The molecular formula is C16H19N7O. The number of rotatable bonds is 5. The van der Waals surface area contributed by atoms with E-state index in [-0.39, 0.29) is 11.5 Å². The summed E-state index contributed by atoms with van der Waals surface area (Å²) in [6.07, 6.45) is 4.37. The summed E-state index contributed by atoms with van der Waals surface area (Å²) in [4.78, 5) is 27.8. The zero-order valence-corrected chi connectivity index (χ0v) is 13.4. The lowest BCUT2D eigenvalue weighted by atomic mass is 10.2. The Kier molecular flexibility index (Phi) is 3.53. The third-order valence-electron chi connectivity index (χ3n) is 4.14. The van der Waals surface area contributed by atoms with Gasteiger partial charge in [0.2, 0.25) is 0 Å². The fraction of sp³-hybridized carbons (Fsp3) is 0.375. The average molecular weight is 325 g/mol. The molecule has 8 nitrogen and oxygen atoms in total. The Morgan fingerprint density at radius 2 is 2.21 bits per heavy atom. The van der Waals surface area contributed by atoms with Crippen LogP contribution in [-0.2, 0) is 13.1 Å². The molecule has 0 bridgehead atoms. The van der Waals surface area contributed by atoms with Gasteiger partial charge in [-0.25, -0.2) is 14.8 Å². The van der Waals surface area contributed by atoms with E-state index in [1.807, 2.05) is 18.3 Å². The first-order valence-electron chi connectivity index (χ1n) is 8.00. The van der Waals surface area contributed by atoms with Gasteiger partial charge in [0.05, 0.1) is 12.2 Å². The number of aromatic amines is 1. The van der Waals surface area contributed by atoms with Crippen LogP contribution in [0.5, 0.6) is 0 Å². The smallest absolute Gasteiger partial charge is 0.328 e. The number of hydrogen-bond acceptors (Lipinski definition) is 6. The van der Waals surface area contributed by atoms with Crippen LogP contribution in [0.4, 0.5) is 5.82 Å². The normalized spacial score (nSPS) is 14.4. The maximum atomic E-state index is 12.2. The van der Waals surface area contributed by atoms with E-state index in [2.05, 4.69) is 25.3 Å². The summed E-state index contributed by atoms with van der Waals surface area (Å²) in [5, 5.41) is 3.45. The first-order chi connectivity index (χ1) is 11.6. The summed E-state index contributed by atoms with van der Waals surface area (Å²) in [6, 6.07) is 4.64. The molecule has 1 aliphatic rings. The standard InChI is InChI=1S/C16H19N7O/c1-9-20-14(17)13-15(21-9)23(16(24)22-13)8-12-3-2-10(7-19-12)6-18-11-4-5-11/h2-3,7,11,18H,4-6,8H2,1H3,(H,22,24)(H2,17,20,21). The van der Waals surface area contributed by atoms with Crippen molar-refractivity contribution in [3.05, 3.63) is 45.9 Å². The van der Waals surface area contributed by atoms with Gasteiger partial charge in [-0.15, -0.1) is 0 Å². The van der Waals surface area contributed by atoms with Gasteiger partial charge >= 0.3 is 5.69 Å². The summed E-state index contributed by atoms with van der Waals surface area (Å²) in [7, 11) is 0. The molecule has 0 aromatic carbocycles. The van der Waals surface area contributed by atoms with Gasteiger partial charge < -0.3 is 16.0 Å². The lowest BCUT2D eigenvalue weighted by molar-refractivity contribution is 0.683. The predicted octanol–water partition coefficient (Wildman–Crippen LogP) is 0.706. The van der Waals surface area contributed by atoms with Crippen LogP contribution in [0.2, 0.25) is 0 Å². The van der Waals surface area contributed by atoms with Gasteiger partial charge in [0.15, 0.2) is 11.5 Å². The lowest BCUT2D eigenvalue weighted by Gasteiger charge is -2.06. The number of anilines is 1. The molecule has 3 aromatic heterocycles. The van der Waals surface area contributed by atoms with Crippen LogP contribution in [0.15, 0.2) is 23.1 Å². The highest BCUT2D eigenvalue weighted by Gasteiger charge is 2.20. The highest BCUT2D eigenvalue weighted by molar-refractivity contribution is 5.81. The van der Waals surface area contributed by atoms with Crippen molar-refractivity contribution in [3.8, 4) is 0 Å². The minimum Gasteiger partial charge on any atom is -0.382 e. The fourth-order valence-corrected chi connectivity index (χ4v) is 2.68. The van der Waals surface area contributed by atoms with E-state index < -0.39 is 0 Å². The van der Waals surface area contributed by atoms with Crippen LogP contribution in [0.1, 0.15) is 29.9 Å². The van der Waals surface area contributed by atoms with E-state index in [4.69, 9.17) is 5.73 Å². The van der Waals surface area contributed by atoms with Crippen LogP contribution >= 0.6 is 0 Å². The molecule has 3 aromatic rings. The highest BCUT2D eigenvalue weighted by atomic mass is 16.1. The Morgan fingerprint density at radius 3 is 2.92 bits per heavy atom. The Morgan fingerprint density at radius 1 is 1.38 bits per heavy atom. The minimum absolute atomic E-state index is 0.266. The number of H-pyrrole nitrogens is 1. The Labute approximate surface area is 138 Å². The van der Waals surface area contributed by atoms with Crippen LogP contribution in [-0.4, -0.2) is 30.5 Å². The van der Waals surface area contributed by atoms with Crippen molar-refractivity contribution in [2.45, 2.75) is 38.9 Å². The molecule has 0 spiro atoms. The van der Waals surface area contributed by atoms with E-state index in [0.717, 1.165) is 17.8 Å². The minimum atomic E-state index is -0.266. The van der Waals surface area contributed by atoms with Crippen molar-refractivity contribution >= 4 is 17.0 Å². The summed E-state index contributed by atoms with van der Waals surface area (Å²) in [5.41, 5.74) is 8.50. The van der Waals surface area contributed by atoms with Gasteiger partial charge in [0.25, 0.3) is 0 Å². The van der Waals surface area contributed by atoms with E-state index >= 15 is 0 Å². The molecule has 0 saturated heterocycles. The first kappa shape index (κ1) is 14.8. The molecule has 4 rings (SSSR count). The quantitative estimate of drug-likeness (QED) is 0.636. The molecule has 1 fully saturated rings. The summed E-state index contributed by atoms with van der Waals surface area (Å²) >= 11 is 0. The molecule has 0 unspecified atom stereocenters. The number of nitrogen functional groups attached to an aromatic ring is 1. The van der Waals surface area contributed by atoms with E-state index in [0.29, 0.717) is 29.6 Å². The van der Waals surface area contributed by atoms with Crippen molar-refractivity contribution in [3.63, 3.8) is 0 Å². The SMILES string of the molecule is Cc1nc(N)c2[nH]c(=O)n(Cc3ccc(CNC4CC4)cn3)c2n1. The third-order valence-corrected chi connectivity index (χ3v) is 4.14. The van der Waals surface area contributed by atoms with Crippen molar-refractivity contribution in [2.75, 3.05) is 5.73 Å². The van der Waals surface area contributed by atoms with Crippen molar-refractivity contribution in [1.29, 1.82) is 0 Å². The lowest BCUT2D eigenvalue weighted by Crippen LogP contribution is -2.19. The maximum Gasteiger partial charge on any atom is 0.328 e. The molecular weight excluding hydrogens is 306 g/mol. The van der Waals surface area contributed by atoms with Gasteiger partial charge in [-0.2, -0.15) is 0 Å². The van der Waals surface area contributed by atoms with Gasteiger partial charge in [-0.1, -0.05) is 6.07 Å². The Hall–Kier alpha value is -2.74. The zero-order valence-electron chi connectivity index (χ0n) is 13.4. The number of fused-ring (bicyclic) bond motifs is 1. The number of aromatic nitrogens is 5. The van der Waals surface area contributed by atoms with E-state index in [1.54, 1.807) is 6.92 Å². The molecule has 8 heteroatoms. The largest absolute Gasteiger partial charge is 0.382 e. The van der Waals surface area contributed by atoms with Crippen molar-refractivity contribution in [1.82, 2.24) is 29.8 Å². The maximum absolute atomic E-state index is 12.2. The molecule has 24 heavy (non-hydrogen) atoms. The number of pyridine rings is 1. The molecule has 124 valence electrons. The van der Waals surface area contributed by atoms with E-state index in [1.165, 1.54) is 17.4 Å². The van der Waals surface area contributed by atoms with Gasteiger partial charge in [0.1, 0.15) is 11.3 Å². The number of nitrogens with one attached hydrogen (secondary N) is 2. The second-order valence-corrected chi connectivity index (χ2v) is 6.18. The number of imidazole rings is 1. The molecule has 4 N–H and O–H groups in total. The topological polar surface area (TPSA) is 115 Å². The molecule has 3 heterocycles. The summed E-state index contributed by atoms with van der Waals surface area (Å²) < 4.78 is 1.53. The second-order valence-electron chi connectivity index (χ2n) is 6.18. The monoisotopic (exact) mass is 325 g/mol. The van der Waals surface area contributed by atoms with Gasteiger partial charge in [-0.3, -0.25) is 9.55 Å². The summed E-state index contributed by atoms with van der Waals surface area (Å²) in [5.74, 6) is 0.810. The molecule has 0 radical (unpaired) electrons. The molecule has 0 atom stereocenters. The molecule has 1 saturated carbocycles.